The topological polar surface area (TPSA) is 70.9 Å². The van der Waals surface area contributed by atoms with Gasteiger partial charge >= 0.3 is 0 Å². The van der Waals surface area contributed by atoms with Gasteiger partial charge in [-0.05, 0) is 44.4 Å². The molecule has 31 heavy (non-hydrogen) atoms. The molecule has 0 amide bonds. The van der Waals surface area contributed by atoms with Crippen LogP contribution in [-0.2, 0) is 12.8 Å². The molecule has 1 aliphatic heterocycles. The fourth-order valence-corrected chi connectivity index (χ4v) is 5.49. The van der Waals surface area contributed by atoms with Crippen molar-refractivity contribution in [1.82, 2.24) is 24.9 Å². The maximum Gasteiger partial charge on any atom is 0.161 e. The third-order valence-electron chi connectivity index (χ3n) is 6.16. The Morgan fingerprint density at radius 3 is 2.48 bits per heavy atom. The van der Waals surface area contributed by atoms with Crippen LogP contribution in [0.25, 0.3) is 21.6 Å². The second-order valence-electron chi connectivity index (χ2n) is 8.13. The SMILES string of the molecule is Cc1cc2c(N3CCN(c4nc(-c5ccncc5)nc5c4CCC5)CC3)ncnc2s1. The van der Waals surface area contributed by atoms with Gasteiger partial charge in [-0.25, -0.2) is 19.9 Å². The van der Waals surface area contributed by atoms with E-state index in [2.05, 4.69) is 37.7 Å². The molecule has 1 fully saturated rings. The molecule has 8 heteroatoms. The lowest BCUT2D eigenvalue weighted by molar-refractivity contribution is 0.640. The van der Waals surface area contributed by atoms with Crippen molar-refractivity contribution in [3.05, 3.63) is 53.1 Å². The molecule has 6 rings (SSSR count). The van der Waals surface area contributed by atoms with Crippen molar-refractivity contribution in [2.45, 2.75) is 26.2 Å². The molecule has 4 aromatic rings. The average Bonchev–Trinajstić information content (AvgIpc) is 3.44. The van der Waals surface area contributed by atoms with Gasteiger partial charge in [0, 0.05) is 60.3 Å². The molecule has 0 aromatic carbocycles. The fourth-order valence-electron chi connectivity index (χ4n) is 4.65. The maximum absolute atomic E-state index is 5.03. The highest BCUT2D eigenvalue weighted by Gasteiger charge is 2.27. The molecule has 0 bridgehead atoms. The van der Waals surface area contributed by atoms with Crippen LogP contribution in [0, 0.1) is 6.92 Å². The Hall–Kier alpha value is -3.13. The number of piperazine rings is 1. The number of rotatable bonds is 3. The molecule has 0 spiro atoms. The van der Waals surface area contributed by atoms with Crippen LogP contribution < -0.4 is 9.80 Å². The van der Waals surface area contributed by atoms with Crippen LogP contribution in [0.3, 0.4) is 0 Å². The largest absolute Gasteiger partial charge is 0.353 e. The van der Waals surface area contributed by atoms with Crippen molar-refractivity contribution >= 4 is 33.2 Å². The number of thiophene rings is 1. The first-order chi connectivity index (χ1) is 15.3. The third kappa shape index (κ3) is 3.31. The van der Waals surface area contributed by atoms with E-state index in [1.54, 1.807) is 30.1 Å². The predicted molar refractivity (Wildman–Crippen MR) is 124 cm³/mol. The summed E-state index contributed by atoms with van der Waals surface area (Å²) in [6.45, 7) is 5.82. The van der Waals surface area contributed by atoms with Gasteiger partial charge in [-0.3, -0.25) is 4.98 Å². The summed E-state index contributed by atoms with van der Waals surface area (Å²) in [5, 5.41) is 1.17. The molecule has 4 aromatic heterocycles. The summed E-state index contributed by atoms with van der Waals surface area (Å²) >= 11 is 1.73. The molecule has 156 valence electrons. The van der Waals surface area contributed by atoms with E-state index >= 15 is 0 Å². The number of aromatic nitrogens is 5. The number of anilines is 2. The molecule has 2 aliphatic rings. The minimum absolute atomic E-state index is 0.812. The lowest BCUT2D eigenvalue weighted by Gasteiger charge is -2.37. The van der Waals surface area contributed by atoms with E-state index in [-0.39, 0.29) is 0 Å². The Morgan fingerprint density at radius 2 is 1.68 bits per heavy atom. The molecule has 0 saturated carbocycles. The van der Waals surface area contributed by atoms with Crippen LogP contribution in [0.1, 0.15) is 22.6 Å². The molecule has 0 unspecified atom stereocenters. The highest BCUT2D eigenvalue weighted by Crippen LogP contribution is 2.34. The van der Waals surface area contributed by atoms with Gasteiger partial charge in [0.1, 0.15) is 22.8 Å². The zero-order valence-electron chi connectivity index (χ0n) is 17.5. The smallest absolute Gasteiger partial charge is 0.161 e. The van der Waals surface area contributed by atoms with Gasteiger partial charge in [-0.15, -0.1) is 11.3 Å². The third-order valence-corrected chi connectivity index (χ3v) is 7.12. The van der Waals surface area contributed by atoms with Gasteiger partial charge in [-0.1, -0.05) is 0 Å². The minimum Gasteiger partial charge on any atom is -0.353 e. The molecular weight excluding hydrogens is 406 g/mol. The summed E-state index contributed by atoms with van der Waals surface area (Å²) in [7, 11) is 0. The van der Waals surface area contributed by atoms with Gasteiger partial charge in [0.05, 0.1) is 5.39 Å². The standard InChI is InChI=1S/C23H23N7S/c1-15-13-18-21(25-14-26-23(18)31-15)29-9-11-30(12-10-29)22-17-3-2-4-19(17)27-20(28-22)16-5-7-24-8-6-16/h5-8,13-14H,2-4,9-12H2,1H3. The predicted octanol–water partition coefficient (Wildman–Crippen LogP) is 3.67. The number of hydrogen-bond acceptors (Lipinski definition) is 8. The number of hydrogen-bond donors (Lipinski definition) is 0. The monoisotopic (exact) mass is 429 g/mol. The van der Waals surface area contributed by atoms with Crippen LogP contribution in [0.5, 0.6) is 0 Å². The summed E-state index contributed by atoms with van der Waals surface area (Å²) in [6.07, 6.45) is 8.57. The normalized spacial score (nSPS) is 16.2. The highest BCUT2D eigenvalue weighted by molar-refractivity contribution is 7.18. The van der Waals surface area contributed by atoms with Crippen LogP contribution in [-0.4, -0.2) is 51.1 Å². The van der Waals surface area contributed by atoms with Crippen molar-refractivity contribution in [2.24, 2.45) is 0 Å². The number of nitrogens with zero attached hydrogens (tertiary/aromatic N) is 7. The molecule has 0 radical (unpaired) electrons. The maximum atomic E-state index is 5.03. The van der Waals surface area contributed by atoms with Gasteiger partial charge in [0.25, 0.3) is 0 Å². The molecule has 5 heterocycles. The van der Waals surface area contributed by atoms with Crippen LogP contribution in [0.15, 0.2) is 36.9 Å². The van der Waals surface area contributed by atoms with Gasteiger partial charge in [0.15, 0.2) is 5.82 Å². The molecule has 7 nitrogen and oxygen atoms in total. The molecule has 1 saturated heterocycles. The minimum atomic E-state index is 0.812. The Balaban J connectivity index is 1.29. The van der Waals surface area contributed by atoms with Crippen molar-refractivity contribution in [3.63, 3.8) is 0 Å². The van der Waals surface area contributed by atoms with E-state index in [1.807, 2.05) is 12.1 Å². The first-order valence-corrected chi connectivity index (χ1v) is 11.6. The number of pyridine rings is 1. The zero-order chi connectivity index (χ0) is 20.8. The molecule has 0 N–H and O–H groups in total. The quantitative estimate of drug-likeness (QED) is 0.492. The highest BCUT2D eigenvalue weighted by atomic mass is 32.1. The summed E-state index contributed by atoms with van der Waals surface area (Å²) in [4.78, 5) is 30.3. The lowest BCUT2D eigenvalue weighted by Crippen LogP contribution is -2.47. The summed E-state index contributed by atoms with van der Waals surface area (Å²) < 4.78 is 0. The first-order valence-electron chi connectivity index (χ1n) is 10.8. The molecular formula is C23H23N7S. The van der Waals surface area contributed by atoms with Gasteiger partial charge < -0.3 is 9.80 Å². The molecule has 0 atom stereocenters. The van der Waals surface area contributed by atoms with E-state index < -0.39 is 0 Å². The zero-order valence-corrected chi connectivity index (χ0v) is 18.3. The second kappa shape index (κ2) is 7.53. The van der Waals surface area contributed by atoms with Crippen LogP contribution in [0.4, 0.5) is 11.6 Å². The Labute approximate surface area is 184 Å². The fraction of sp³-hybridized carbons (Fsp3) is 0.348. The van der Waals surface area contributed by atoms with E-state index in [0.717, 1.165) is 73.3 Å². The van der Waals surface area contributed by atoms with E-state index in [1.165, 1.54) is 21.5 Å². The Kier molecular flexibility index (Phi) is 4.52. The number of fused-ring (bicyclic) bond motifs is 2. The van der Waals surface area contributed by atoms with Gasteiger partial charge in [-0.2, -0.15) is 0 Å². The first kappa shape index (κ1) is 18.6. The van der Waals surface area contributed by atoms with Crippen molar-refractivity contribution in [2.75, 3.05) is 36.0 Å². The average molecular weight is 430 g/mol. The van der Waals surface area contributed by atoms with E-state index in [4.69, 9.17) is 9.97 Å². The van der Waals surface area contributed by atoms with Crippen LogP contribution >= 0.6 is 11.3 Å². The molecule has 1 aliphatic carbocycles. The Bertz CT molecular complexity index is 1250. The summed E-state index contributed by atoms with van der Waals surface area (Å²) in [6, 6.07) is 6.18. The van der Waals surface area contributed by atoms with Crippen molar-refractivity contribution < 1.29 is 0 Å². The van der Waals surface area contributed by atoms with E-state index in [9.17, 15) is 0 Å². The van der Waals surface area contributed by atoms with Crippen molar-refractivity contribution in [1.29, 1.82) is 0 Å². The second-order valence-corrected chi connectivity index (χ2v) is 9.37. The summed E-state index contributed by atoms with van der Waals surface area (Å²) in [5.74, 6) is 2.99. The van der Waals surface area contributed by atoms with Gasteiger partial charge in [0.2, 0.25) is 0 Å². The van der Waals surface area contributed by atoms with Crippen LogP contribution in [0.2, 0.25) is 0 Å². The summed E-state index contributed by atoms with van der Waals surface area (Å²) in [5.41, 5.74) is 3.58. The van der Waals surface area contributed by atoms with Crippen molar-refractivity contribution in [3.8, 4) is 11.4 Å². The Morgan fingerprint density at radius 1 is 0.903 bits per heavy atom. The lowest BCUT2D eigenvalue weighted by atomic mass is 10.1. The number of aryl methyl sites for hydroxylation is 2. The van der Waals surface area contributed by atoms with E-state index in [0.29, 0.717) is 0 Å².